The van der Waals surface area contributed by atoms with Gasteiger partial charge in [0, 0.05) is 34.3 Å². The summed E-state index contributed by atoms with van der Waals surface area (Å²) < 4.78 is 15.9. The van der Waals surface area contributed by atoms with Crippen LogP contribution >= 0.6 is 27.5 Å². The first-order chi connectivity index (χ1) is 11.7. The number of benzene rings is 2. The van der Waals surface area contributed by atoms with Crippen LogP contribution in [0.4, 0.5) is 10.1 Å². The Labute approximate surface area is 154 Å². The van der Waals surface area contributed by atoms with Crippen molar-refractivity contribution in [1.29, 1.82) is 0 Å². The molecule has 0 radical (unpaired) electrons. The number of nitrogen functional groups attached to an aromatic ring is 1. The fraction of sp³-hybridized carbons (Fsp3) is 0.125. The van der Waals surface area contributed by atoms with Crippen LogP contribution in [0.5, 0.6) is 0 Å². The molecular formula is C16H11BrClFN4O2. The van der Waals surface area contributed by atoms with Gasteiger partial charge in [0.2, 0.25) is 0 Å². The van der Waals surface area contributed by atoms with Gasteiger partial charge in [-0.05, 0) is 40.2 Å². The lowest BCUT2D eigenvalue weighted by Gasteiger charge is -2.26. The minimum atomic E-state index is -2.05. The van der Waals surface area contributed by atoms with Crippen molar-refractivity contribution in [3.05, 3.63) is 56.4 Å². The van der Waals surface area contributed by atoms with Gasteiger partial charge < -0.3 is 16.2 Å². The van der Waals surface area contributed by atoms with E-state index in [0.29, 0.717) is 15.5 Å². The summed E-state index contributed by atoms with van der Waals surface area (Å²) in [6, 6.07) is 5.13. The van der Waals surface area contributed by atoms with Crippen LogP contribution in [-0.2, 0) is 12.8 Å². The predicted octanol–water partition coefficient (Wildman–Crippen LogP) is 2.65. The highest BCUT2D eigenvalue weighted by Crippen LogP contribution is 2.44. The maximum atomic E-state index is 13.7. The van der Waals surface area contributed by atoms with Gasteiger partial charge in [-0.25, -0.2) is 4.39 Å². The van der Waals surface area contributed by atoms with E-state index in [1.807, 2.05) is 0 Å². The Morgan fingerprint density at radius 2 is 2.16 bits per heavy atom. The van der Waals surface area contributed by atoms with Crippen LogP contribution in [0.25, 0.3) is 10.9 Å². The van der Waals surface area contributed by atoms with Gasteiger partial charge in [0.1, 0.15) is 15.9 Å². The Hall–Kier alpha value is -2.16. The smallest absolute Gasteiger partial charge is 0.256 e. The van der Waals surface area contributed by atoms with Gasteiger partial charge in [-0.1, -0.05) is 11.6 Å². The summed E-state index contributed by atoms with van der Waals surface area (Å²) in [7, 11) is 1.70. The molecule has 9 heteroatoms. The number of aliphatic hydroxyl groups is 1. The molecule has 0 fully saturated rings. The number of nitrogens with one attached hydrogen (secondary N) is 1. The molecule has 25 heavy (non-hydrogen) atoms. The summed E-state index contributed by atoms with van der Waals surface area (Å²) in [5.41, 5.74) is 4.88. The fourth-order valence-corrected chi connectivity index (χ4v) is 3.84. The molecule has 2 heterocycles. The molecule has 0 aliphatic carbocycles. The molecule has 128 valence electrons. The second-order valence-electron chi connectivity index (χ2n) is 5.82. The van der Waals surface area contributed by atoms with Gasteiger partial charge in [-0.15, -0.1) is 0 Å². The van der Waals surface area contributed by atoms with Gasteiger partial charge in [0.25, 0.3) is 5.91 Å². The number of aryl methyl sites for hydroxylation is 1. The molecule has 3 aromatic rings. The third-order valence-corrected chi connectivity index (χ3v) is 5.56. The number of anilines is 1. The Morgan fingerprint density at radius 3 is 2.88 bits per heavy atom. The van der Waals surface area contributed by atoms with E-state index >= 15 is 0 Å². The molecule has 4 N–H and O–H groups in total. The topological polar surface area (TPSA) is 93.2 Å². The first kappa shape index (κ1) is 16.3. The number of nitrogens with zero attached hydrogens (tertiary/aromatic N) is 2. The number of fused-ring (bicyclic) bond motifs is 3. The first-order valence-corrected chi connectivity index (χ1v) is 8.36. The molecule has 1 atom stereocenters. The number of nitrogens with two attached hydrogens (primary N) is 1. The number of halogens is 3. The van der Waals surface area contributed by atoms with Gasteiger partial charge in [0.15, 0.2) is 5.72 Å². The first-order valence-electron chi connectivity index (χ1n) is 7.19. The van der Waals surface area contributed by atoms with E-state index < -0.39 is 17.4 Å². The van der Waals surface area contributed by atoms with Crippen molar-refractivity contribution in [3.63, 3.8) is 0 Å². The van der Waals surface area contributed by atoms with Gasteiger partial charge in [-0.3, -0.25) is 9.48 Å². The molecule has 0 saturated carbocycles. The number of amides is 1. The van der Waals surface area contributed by atoms with Crippen LogP contribution < -0.4 is 11.1 Å². The molecule has 2 aromatic carbocycles. The molecule has 4 rings (SSSR count). The van der Waals surface area contributed by atoms with E-state index in [-0.39, 0.29) is 27.4 Å². The Bertz CT molecular complexity index is 1080. The second-order valence-corrected chi connectivity index (χ2v) is 6.97. The van der Waals surface area contributed by atoms with Crippen LogP contribution in [0.2, 0.25) is 5.02 Å². The van der Waals surface area contributed by atoms with Crippen molar-refractivity contribution >= 4 is 50.0 Å². The minimum Gasteiger partial charge on any atom is -0.398 e. The lowest BCUT2D eigenvalue weighted by molar-refractivity contribution is 0.0479. The van der Waals surface area contributed by atoms with E-state index in [0.717, 1.165) is 12.1 Å². The quantitative estimate of drug-likeness (QED) is 0.523. The highest BCUT2D eigenvalue weighted by molar-refractivity contribution is 9.10. The number of carbonyl (C=O) groups excluding carboxylic acids is 1. The molecule has 0 saturated heterocycles. The minimum absolute atomic E-state index is 0.00214. The summed E-state index contributed by atoms with van der Waals surface area (Å²) in [4.78, 5) is 12.6. The molecule has 1 aliphatic rings. The van der Waals surface area contributed by atoms with E-state index in [2.05, 4.69) is 26.3 Å². The zero-order valence-corrected chi connectivity index (χ0v) is 15.1. The van der Waals surface area contributed by atoms with Crippen LogP contribution in [0.15, 0.2) is 28.9 Å². The van der Waals surface area contributed by atoms with Crippen molar-refractivity contribution in [2.75, 3.05) is 5.73 Å². The summed E-state index contributed by atoms with van der Waals surface area (Å²) >= 11 is 9.52. The number of carbonyl (C=O) groups is 1. The summed E-state index contributed by atoms with van der Waals surface area (Å²) in [5, 5.41) is 18.7. The van der Waals surface area contributed by atoms with E-state index in [9.17, 15) is 14.3 Å². The Kier molecular flexibility index (Phi) is 3.37. The second kappa shape index (κ2) is 5.17. The molecule has 0 spiro atoms. The van der Waals surface area contributed by atoms with Gasteiger partial charge in [0.05, 0.1) is 5.56 Å². The molecule has 1 amide bonds. The van der Waals surface area contributed by atoms with Crippen molar-refractivity contribution < 1.29 is 14.3 Å². The van der Waals surface area contributed by atoms with Crippen molar-refractivity contribution in [2.45, 2.75) is 5.72 Å². The maximum Gasteiger partial charge on any atom is 0.256 e. The van der Waals surface area contributed by atoms with Crippen molar-refractivity contribution in [2.24, 2.45) is 7.05 Å². The Morgan fingerprint density at radius 1 is 1.44 bits per heavy atom. The zero-order chi connectivity index (χ0) is 18.1. The van der Waals surface area contributed by atoms with E-state index in [1.165, 1.54) is 6.07 Å². The summed E-state index contributed by atoms with van der Waals surface area (Å²) in [5.74, 6) is -1.17. The van der Waals surface area contributed by atoms with Crippen molar-refractivity contribution in [1.82, 2.24) is 15.1 Å². The van der Waals surface area contributed by atoms with E-state index in [4.69, 9.17) is 17.3 Å². The maximum absolute atomic E-state index is 13.7. The third kappa shape index (κ3) is 2.11. The monoisotopic (exact) mass is 424 g/mol. The summed E-state index contributed by atoms with van der Waals surface area (Å²) in [6.45, 7) is 0. The van der Waals surface area contributed by atoms with Crippen LogP contribution in [0.3, 0.4) is 0 Å². The highest BCUT2D eigenvalue weighted by Gasteiger charge is 2.47. The fourth-order valence-electron chi connectivity index (χ4n) is 3.20. The standard InChI is InChI=1S/C16H11BrClFN4O2/c1-23-14(17)7-5-10(20)12-11(13(7)22-23)15(24)21-16(12,25)8-4-6(19)2-3-9(8)18/h2-5,25H,20H2,1H3,(H,21,24). The summed E-state index contributed by atoms with van der Waals surface area (Å²) in [6.07, 6.45) is 0. The average molecular weight is 426 g/mol. The van der Waals surface area contributed by atoms with Crippen LogP contribution in [0.1, 0.15) is 21.5 Å². The number of hydrogen-bond acceptors (Lipinski definition) is 4. The van der Waals surface area contributed by atoms with E-state index in [1.54, 1.807) is 17.8 Å². The van der Waals surface area contributed by atoms with Crippen LogP contribution in [-0.4, -0.2) is 20.8 Å². The molecule has 0 bridgehead atoms. The number of aromatic nitrogens is 2. The normalized spacial score (nSPS) is 19.3. The zero-order valence-electron chi connectivity index (χ0n) is 12.8. The molecule has 1 aliphatic heterocycles. The van der Waals surface area contributed by atoms with Crippen LogP contribution in [0, 0.1) is 5.82 Å². The molecule has 6 nitrogen and oxygen atoms in total. The average Bonchev–Trinajstić information content (AvgIpc) is 2.98. The highest BCUT2D eigenvalue weighted by atomic mass is 79.9. The third-order valence-electron chi connectivity index (χ3n) is 4.29. The molecule has 1 aromatic heterocycles. The predicted molar refractivity (Wildman–Crippen MR) is 94.7 cm³/mol. The molecular weight excluding hydrogens is 415 g/mol. The SMILES string of the molecule is Cn1nc2c3c(c(N)cc2c1Br)C(O)(c1cc(F)ccc1Cl)NC3=O. The lowest BCUT2D eigenvalue weighted by atomic mass is 9.91. The lowest BCUT2D eigenvalue weighted by Crippen LogP contribution is -2.40. The largest absolute Gasteiger partial charge is 0.398 e. The Balaban J connectivity index is 2.10. The molecule has 1 unspecified atom stereocenters. The number of rotatable bonds is 1. The van der Waals surface area contributed by atoms with Gasteiger partial charge >= 0.3 is 0 Å². The van der Waals surface area contributed by atoms with Gasteiger partial charge in [-0.2, -0.15) is 5.10 Å². The van der Waals surface area contributed by atoms with Crippen molar-refractivity contribution in [3.8, 4) is 0 Å². The number of hydrogen-bond donors (Lipinski definition) is 3.